The Morgan fingerprint density at radius 2 is 2.21 bits per heavy atom. The first kappa shape index (κ1) is 13.2. The van der Waals surface area contributed by atoms with Crippen LogP contribution in [0.2, 0.25) is 0 Å². The van der Waals surface area contributed by atoms with Crippen molar-refractivity contribution in [2.75, 3.05) is 18.8 Å². The van der Waals surface area contributed by atoms with Crippen LogP contribution < -0.4 is 5.32 Å². The van der Waals surface area contributed by atoms with Gasteiger partial charge < -0.3 is 5.32 Å². The van der Waals surface area contributed by atoms with Crippen LogP contribution in [0, 0.1) is 5.92 Å². The second-order valence-corrected chi connectivity index (χ2v) is 6.78. The smallest absolute Gasteiger partial charge is 0.124 e. The summed E-state index contributed by atoms with van der Waals surface area (Å²) in [6.07, 6.45) is 2.67. The molecular formula is C15H18N2S2. The van der Waals surface area contributed by atoms with Gasteiger partial charge in [-0.15, -0.1) is 23.1 Å². The molecule has 2 heterocycles. The maximum atomic E-state index is 4.73. The number of benzene rings is 1. The molecule has 1 aromatic carbocycles. The fraction of sp³-hybridized carbons (Fsp3) is 0.400. The van der Waals surface area contributed by atoms with Gasteiger partial charge in [-0.3, -0.25) is 0 Å². The molecular weight excluding hydrogens is 272 g/mol. The molecule has 4 heteroatoms. The minimum Gasteiger partial charge on any atom is -0.316 e. The number of nitrogens with zero attached hydrogens (tertiary/aromatic N) is 1. The van der Waals surface area contributed by atoms with Gasteiger partial charge in [0.2, 0.25) is 0 Å². The van der Waals surface area contributed by atoms with Crippen molar-refractivity contribution in [3.05, 3.63) is 35.7 Å². The van der Waals surface area contributed by atoms with Crippen LogP contribution in [0.4, 0.5) is 0 Å². The number of thiazole rings is 1. The van der Waals surface area contributed by atoms with E-state index >= 15 is 0 Å². The fourth-order valence-corrected chi connectivity index (χ4v) is 4.32. The molecule has 0 amide bonds. The lowest BCUT2D eigenvalue weighted by atomic mass is 10.0. The van der Waals surface area contributed by atoms with Gasteiger partial charge in [0.05, 0.1) is 0 Å². The fourth-order valence-electron chi connectivity index (χ4n) is 2.31. The van der Waals surface area contributed by atoms with E-state index in [2.05, 4.69) is 35.0 Å². The zero-order chi connectivity index (χ0) is 12.9. The van der Waals surface area contributed by atoms with E-state index in [1.165, 1.54) is 42.3 Å². The van der Waals surface area contributed by atoms with E-state index in [0.717, 1.165) is 10.9 Å². The van der Waals surface area contributed by atoms with Crippen molar-refractivity contribution in [1.29, 1.82) is 0 Å². The highest BCUT2D eigenvalue weighted by atomic mass is 32.2. The topological polar surface area (TPSA) is 24.9 Å². The molecule has 2 nitrogen and oxygen atoms in total. The Hall–Kier alpha value is -0.840. The van der Waals surface area contributed by atoms with Crippen molar-refractivity contribution in [1.82, 2.24) is 10.3 Å². The molecule has 1 N–H and O–H groups in total. The SMILES string of the molecule is c1ccc(-c2nc(SCC3CCCNC3)cs2)cc1. The average Bonchev–Trinajstić information content (AvgIpc) is 2.96. The van der Waals surface area contributed by atoms with Gasteiger partial charge in [-0.1, -0.05) is 30.3 Å². The molecule has 0 saturated carbocycles. The minimum atomic E-state index is 0.806. The molecule has 19 heavy (non-hydrogen) atoms. The second-order valence-electron chi connectivity index (χ2n) is 4.88. The number of rotatable bonds is 4. The molecule has 1 aliphatic rings. The number of thioether (sulfide) groups is 1. The first-order valence-corrected chi connectivity index (χ1v) is 8.63. The van der Waals surface area contributed by atoms with Gasteiger partial charge in [0.1, 0.15) is 10.0 Å². The van der Waals surface area contributed by atoms with Crippen LogP contribution in [0.3, 0.4) is 0 Å². The Bertz CT molecular complexity index is 504. The summed E-state index contributed by atoms with van der Waals surface area (Å²) in [6.45, 7) is 2.36. The molecule has 0 aliphatic carbocycles. The lowest BCUT2D eigenvalue weighted by Crippen LogP contribution is -2.30. The van der Waals surface area contributed by atoms with E-state index < -0.39 is 0 Å². The van der Waals surface area contributed by atoms with Crippen molar-refractivity contribution in [3.63, 3.8) is 0 Å². The quantitative estimate of drug-likeness (QED) is 0.864. The number of hydrogen-bond donors (Lipinski definition) is 1. The Kier molecular flexibility index (Phi) is 4.53. The van der Waals surface area contributed by atoms with Crippen molar-refractivity contribution in [3.8, 4) is 10.6 Å². The number of aromatic nitrogens is 1. The van der Waals surface area contributed by atoms with Gasteiger partial charge in [-0.25, -0.2) is 4.98 Å². The van der Waals surface area contributed by atoms with E-state index in [0.29, 0.717) is 0 Å². The summed E-state index contributed by atoms with van der Waals surface area (Å²) in [5.74, 6) is 1.99. The number of nitrogens with one attached hydrogen (secondary N) is 1. The highest BCUT2D eigenvalue weighted by molar-refractivity contribution is 7.99. The van der Waals surface area contributed by atoms with Crippen LogP contribution in [0.15, 0.2) is 40.7 Å². The zero-order valence-electron chi connectivity index (χ0n) is 10.8. The van der Waals surface area contributed by atoms with E-state index in [1.54, 1.807) is 11.3 Å². The molecule has 1 aromatic heterocycles. The van der Waals surface area contributed by atoms with Crippen molar-refractivity contribution in [2.45, 2.75) is 17.9 Å². The van der Waals surface area contributed by atoms with Gasteiger partial charge in [-0.2, -0.15) is 0 Å². The summed E-state index contributed by atoms with van der Waals surface area (Å²) in [5.41, 5.74) is 1.22. The molecule has 3 rings (SSSR count). The first-order valence-electron chi connectivity index (χ1n) is 6.76. The summed E-state index contributed by atoms with van der Waals surface area (Å²) in [4.78, 5) is 4.73. The summed E-state index contributed by atoms with van der Waals surface area (Å²) >= 11 is 3.64. The highest BCUT2D eigenvalue weighted by Crippen LogP contribution is 2.29. The Morgan fingerprint density at radius 1 is 1.32 bits per heavy atom. The van der Waals surface area contributed by atoms with Crippen molar-refractivity contribution in [2.24, 2.45) is 5.92 Å². The number of piperidine rings is 1. The monoisotopic (exact) mass is 290 g/mol. The van der Waals surface area contributed by atoms with Crippen molar-refractivity contribution < 1.29 is 0 Å². The highest BCUT2D eigenvalue weighted by Gasteiger charge is 2.14. The third-order valence-corrected chi connectivity index (χ3v) is 5.55. The predicted octanol–water partition coefficient (Wildman–Crippen LogP) is 3.90. The normalized spacial score (nSPS) is 19.5. The third kappa shape index (κ3) is 3.59. The van der Waals surface area contributed by atoms with Crippen LogP contribution >= 0.6 is 23.1 Å². The molecule has 1 atom stereocenters. The van der Waals surface area contributed by atoms with Crippen LogP contribution in [0.1, 0.15) is 12.8 Å². The van der Waals surface area contributed by atoms with E-state index in [-0.39, 0.29) is 0 Å². The molecule has 1 saturated heterocycles. The largest absolute Gasteiger partial charge is 0.316 e. The average molecular weight is 290 g/mol. The van der Waals surface area contributed by atoms with Gasteiger partial charge in [-0.05, 0) is 31.8 Å². The molecule has 1 aliphatic heterocycles. The maximum absolute atomic E-state index is 4.73. The molecule has 1 fully saturated rings. The van der Waals surface area contributed by atoms with E-state index in [1.807, 2.05) is 17.8 Å². The standard InChI is InChI=1S/C15H18N2S2/c1-2-6-13(7-3-1)15-17-14(11-19-15)18-10-12-5-4-8-16-9-12/h1-3,6-7,11-12,16H,4-5,8-10H2. The van der Waals surface area contributed by atoms with Gasteiger partial charge in [0.25, 0.3) is 0 Å². The predicted molar refractivity (Wildman–Crippen MR) is 83.9 cm³/mol. The van der Waals surface area contributed by atoms with Crippen LogP contribution in [-0.2, 0) is 0 Å². The molecule has 100 valence electrons. The molecule has 0 spiro atoms. The Balaban J connectivity index is 1.59. The van der Waals surface area contributed by atoms with E-state index in [4.69, 9.17) is 4.98 Å². The minimum absolute atomic E-state index is 0.806. The van der Waals surface area contributed by atoms with Crippen LogP contribution in [0.5, 0.6) is 0 Å². The Morgan fingerprint density at radius 3 is 3.00 bits per heavy atom. The first-order chi connectivity index (χ1) is 9.42. The van der Waals surface area contributed by atoms with Gasteiger partial charge >= 0.3 is 0 Å². The molecule has 0 bridgehead atoms. The Labute approximate surface area is 122 Å². The van der Waals surface area contributed by atoms with Gasteiger partial charge in [0, 0.05) is 16.7 Å². The second kappa shape index (κ2) is 6.55. The summed E-state index contributed by atoms with van der Waals surface area (Å²) in [7, 11) is 0. The van der Waals surface area contributed by atoms with Crippen LogP contribution in [-0.4, -0.2) is 23.8 Å². The zero-order valence-corrected chi connectivity index (χ0v) is 12.5. The molecule has 1 unspecified atom stereocenters. The lowest BCUT2D eigenvalue weighted by molar-refractivity contribution is 0.410. The van der Waals surface area contributed by atoms with E-state index in [9.17, 15) is 0 Å². The van der Waals surface area contributed by atoms with Crippen LogP contribution in [0.25, 0.3) is 10.6 Å². The number of hydrogen-bond acceptors (Lipinski definition) is 4. The summed E-state index contributed by atoms with van der Waals surface area (Å²) in [6, 6.07) is 10.4. The van der Waals surface area contributed by atoms with Crippen molar-refractivity contribution >= 4 is 23.1 Å². The lowest BCUT2D eigenvalue weighted by Gasteiger charge is -2.21. The maximum Gasteiger partial charge on any atom is 0.124 e. The summed E-state index contributed by atoms with van der Waals surface area (Å²) in [5, 5.41) is 7.96. The molecule has 0 radical (unpaired) electrons. The van der Waals surface area contributed by atoms with Gasteiger partial charge in [0.15, 0.2) is 0 Å². The third-order valence-electron chi connectivity index (χ3n) is 3.37. The molecule has 2 aromatic rings. The summed E-state index contributed by atoms with van der Waals surface area (Å²) < 4.78 is 0.